The molecule has 18 heavy (non-hydrogen) atoms. The predicted octanol–water partition coefficient (Wildman–Crippen LogP) is 1.77. The van der Waals surface area contributed by atoms with Crippen molar-refractivity contribution < 1.29 is 24.2 Å². The molecule has 1 aromatic rings. The van der Waals surface area contributed by atoms with E-state index in [2.05, 4.69) is 10.1 Å². The molecule has 1 aromatic heterocycles. The molecule has 0 atom stereocenters. The number of nitrogens with one attached hydrogen (secondary N) is 1. The van der Waals surface area contributed by atoms with Gasteiger partial charge < -0.3 is 14.6 Å². The average molecular weight is 273 g/mol. The van der Waals surface area contributed by atoms with Crippen molar-refractivity contribution in [1.82, 2.24) is 0 Å². The van der Waals surface area contributed by atoms with Crippen LogP contribution in [0.2, 0.25) is 0 Å². The minimum atomic E-state index is -0.712. The molecule has 0 aliphatic heterocycles. The molecule has 1 amide bonds. The van der Waals surface area contributed by atoms with Crippen LogP contribution in [0.25, 0.3) is 0 Å². The number of hydrogen-bond acceptors (Lipinski definition) is 6. The Morgan fingerprint density at radius 1 is 1.44 bits per heavy atom. The zero-order valence-corrected chi connectivity index (χ0v) is 11.0. The zero-order chi connectivity index (χ0) is 13.5. The van der Waals surface area contributed by atoms with Crippen molar-refractivity contribution in [3.05, 3.63) is 16.5 Å². The standard InChI is InChI=1S/C11H15NO5S/c1-3-16-10(14)8-6-7(2)18-9(8)12-11(15)17-5-4-13/h6,13H,3-5H2,1-2H3,(H,12,15). The molecule has 0 saturated carbocycles. The van der Waals surface area contributed by atoms with Gasteiger partial charge in [-0.3, -0.25) is 5.32 Å². The Morgan fingerprint density at radius 2 is 2.17 bits per heavy atom. The highest BCUT2D eigenvalue weighted by Crippen LogP contribution is 2.28. The fourth-order valence-electron chi connectivity index (χ4n) is 1.23. The maximum Gasteiger partial charge on any atom is 0.412 e. The second-order valence-corrected chi connectivity index (χ2v) is 4.56. The minimum Gasteiger partial charge on any atom is -0.462 e. The number of rotatable bonds is 5. The molecular weight excluding hydrogens is 258 g/mol. The van der Waals surface area contributed by atoms with Gasteiger partial charge in [-0.05, 0) is 19.9 Å². The van der Waals surface area contributed by atoms with Crippen LogP contribution in [-0.2, 0) is 9.47 Å². The van der Waals surface area contributed by atoms with Gasteiger partial charge in [-0.15, -0.1) is 11.3 Å². The molecule has 0 aliphatic rings. The number of aliphatic hydroxyl groups excluding tert-OH is 1. The van der Waals surface area contributed by atoms with Crippen LogP contribution in [0.15, 0.2) is 6.07 Å². The molecule has 0 spiro atoms. The van der Waals surface area contributed by atoms with Crippen LogP contribution in [0.4, 0.5) is 9.80 Å². The maximum absolute atomic E-state index is 11.6. The van der Waals surface area contributed by atoms with E-state index in [1.165, 1.54) is 11.3 Å². The van der Waals surface area contributed by atoms with Crippen molar-refractivity contribution in [3.63, 3.8) is 0 Å². The molecule has 7 heteroatoms. The van der Waals surface area contributed by atoms with Crippen molar-refractivity contribution >= 4 is 28.4 Å². The number of thiophene rings is 1. The summed E-state index contributed by atoms with van der Waals surface area (Å²) in [6, 6.07) is 1.64. The zero-order valence-electron chi connectivity index (χ0n) is 10.2. The predicted molar refractivity (Wildman–Crippen MR) is 67.1 cm³/mol. The smallest absolute Gasteiger partial charge is 0.412 e. The Balaban J connectivity index is 2.75. The van der Waals surface area contributed by atoms with Gasteiger partial charge >= 0.3 is 12.1 Å². The number of carbonyl (C=O) groups excluding carboxylic acids is 2. The number of ether oxygens (including phenoxy) is 2. The molecule has 0 aromatic carbocycles. The van der Waals surface area contributed by atoms with Crippen molar-refractivity contribution in [2.24, 2.45) is 0 Å². The Morgan fingerprint density at radius 3 is 2.78 bits per heavy atom. The second-order valence-electron chi connectivity index (χ2n) is 3.30. The van der Waals surface area contributed by atoms with Crippen molar-refractivity contribution in [2.45, 2.75) is 13.8 Å². The van der Waals surface area contributed by atoms with Crippen LogP contribution in [0.1, 0.15) is 22.2 Å². The van der Waals surface area contributed by atoms with Gasteiger partial charge in [0, 0.05) is 4.88 Å². The third-order valence-electron chi connectivity index (χ3n) is 1.89. The van der Waals surface area contributed by atoms with Crippen LogP contribution >= 0.6 is 11.3 Å². The Hall–Kier alpha value is -1.60. The molecule has 2 N–H and O–H groups in total. The van der Waals surface area contributed by atoms with Crippen LogP contribution in [0.3, 0.4) is 0 Å². The van der Waals surface area contributed by atoms with E-state index in [4.69, 9.17) is 9.84 Å². The van der Waals surface area contributed by atoms with Gasteiger partial charge in [-0.25, -0.2) is 9.59 Å². The van der Waals surface area contributed by atoms with Gasteiger partial charge in [0.15, 0.2) is 0 Å². The molecule has 0 saturated heterocycles. The van der Waals surface area contributed by atoms with Gasteiger partial charge in [0.1, 0.15) is 11.6 Å². The third-order valence-corrected chi connectivity index (χ3v) is 2.86. The summed E-state index contributed by atoms with van der Waals surface area (Å²) in [5.74, 6) is -0.487. The Kier molecular flexibility index (Phi) is 5.60. The van der Waals surface area contributed by atoms with Gasteiger partial charge in [0.25, 0.3) is 0 Å². The number of hydrogen-bond donors (Lipinski definition) is 2. The van der Waals surface area contributed by atoms with E-state index >= 15 is 0 Å². The normalized spacial score (nSPS) is 9.94. The first-order valence-corrected chi connectivity index (χ1v) is 6.22. The van der Waals surface area contributed by atoms with E-state index in [1.807, 2.05) is 6.92 Å². The lowest BCUT2D eigenvalue weighted by molar-refractivity contribution is 0.0528. The fourth-order valence-corrected chi connectivity index (χ4v) is 2.12. The molecule has 1 rings (SSSR count). The van der Waals surface area contributed by atoms with Gasteiger partial charge in [0.05, 0.1) is 18.8 Å². The lowest BCUT2D eigenvalue weighted by Crippen LogP contribution is -2.17. The van der Waals surface area contributed by atoms with E-state index in [0.717, 1.165) is 4.88 Å². The SMILES string of the molecule is CCOC(=O)c1cc(C)sc1NC(=O)OCCO. The highest BCUT2D eigenvalue weighted by molar-refractivity contribution is 7.16. The topological polar surface area (TPSA) is 84.9 Å². The number of aryl methyl sites for hydroxylation is 1. The van der Waals surface area contributed by atoms with E-state index in [1.54, 1.807) is 13.0 Å². The van der Waals surface area contributed by atoms with Crippen LogP contribution < -0.4 is 5.32 Å². The molecule has 0 fully saturated rings. The average Bonchev–Trinajstić information content (AvgIpc) is 2.68. The van der Waals surface area contributed by atoms with Crippen molar-refractivity contribution in [1.29, 1.82) is 0 Å². The first-order chi connectivity index (χ1) is 8.58. The third kappa shape index (κ3) is 4.01. The summed E-state index contributed by atoms with van der Waals surface area (Å²) < 4.78 is 9.53. The number of carbonyl (C=O) groups is 2. The van der Waals surface area contributed by atoms with Gasteiger partial charge in [0.2, 0.25) is 0 Å². The fraction of sp³-hybridized carbons (Fsp3) is 0.455. The van der Waals surface area contributed by atoms with E-state index in [-0.39, 0.29) is 19.8 Å². The van der Waals surface area contributed by atoms with Gasteiger partial charge in [-0.2, -0.15) is 0 Å². The van der Waals surface area contributed by atoms with Crippen LogP contribution in [0, 0.1) is 6.92 Å². The molecule has 0 unspecified atom stereocenters. The molecule has 100 valence electrons. The summed E-state index contributed by atoms with van der Waals surface area (Å²) in [6.45, 7) is 3.45. The Bertz CT molecular complexity index is 429. The number of esters is 1. The number of aliphatic hydroxyl groups is 1. The van der Waals surface area contributed by atoms with Crippen molar-refractivity contribution in [3.8, 4) is 0 Å². The summed E-state index contributed by atoms with van der Waals surface area (Å²) in [7, 11) is 0. The lowest BCUT2D eigenvalue weighted by Gasteiger charge is -2.06. The quantitative estimate of drug-likeness (QED) is 0.799. The second kappa shape index (κ2) is 6.97. The molecule has 6 nitrogen and oxygen atoms in total. The minimum absolute atomic E-state index is 0.0923. The van der Waals surface area contributed by atoms with E-state index in [9.17, 15) is 9.59 Å². The molecule has 0 radical (unpaired) electrons. The van der Waals surface area contributed by atoms with E-state index in [0.29, 0.717) is 10.6 Å². The summed E-state index contributed by atoms with van der Waals surface area (Å²) >= 11 is 1.26. The van der Waals surface area contributed by atoms with Crippen molar-refractivity contribution in [2.75, 3.05) is 25.1 Å². The Labute approximate surface area is 109 Å². The first kappa shape index (κ1) is 14.5. The molecule has 0 bridgehead atoms. The first-order valence-electron chi connectivity index (χ1n) is 5.40. The highest BCUT2D eigenvalue weighted by atomic mass is 32.1. The monoisotopic (exact) mass is 273 g/mol. The summed E-state index contributed by atoms with van der Waals surface area (Å²) in [6.07, 6.45) is -0.712. The number of amides is 1. The number of anilines is 1. The largest absolute Gasteiger partial charge is 0.462 e. The molecule has 0 aliphatic carbocycles. The van der Waals surface area contributed by atoms with Gasteiger partial charge in [-0.1, -0.05) is 0 Å². The van der Waals surface area contributed by atoms with Crippen LogP contribution in [-0.4, -0.2) is 37.0 Å². The maximum atomic E-state index is 11.6. The lowest BCUT2D eigenvalue weighted by atomic mass is 10.3. The summed E-state index contributed by atoms with van der Waals surface area (Å²) in [5, 5.41) is 11.4. The highest BCUT2D eigenvalue weighted by Gasteiger charge is 2.18. The summed E-state index contributed by atoms with van der Waals surface area (Å²) in [4.78, 5) is 23.8. The van der Waals surface area contributed by atoms with E-state index < -0.39 is 12.1 Å². The molecule has 1 heterocycles. The molecular formula is C11H15NO5S. The summed E-state index contributed by atoms with van der Waals surface area (Å²) in [5.41, 5.74) is 0.306. The van der Waals surface area contributed by atoms with Crippen LogP contribution in [0.5, 0.6) is 0 Å².